The van der Waals surface area contributed by atoms with Gasteiger partial charge in [-0.15, -0.1) is 0 Å². The van der Waals surface area contributed by atoms with Gasteiger partial charge in [0, 0.05) is 0 Å². The van der Waals surface area contributed by atoms with Gasteiger partial charge >= 0.3 is 21.2 Å². The molecule has 0 aliphatic rings. The third kappa shape index (κ3) is 4.23. The molecule has 0 aliphatic heterocycles. The standard InChI is InChI=1S/C17H18N2O9P2/c20-16(28-9-12-5-2-1-3-6-12)13-7-4-8-14-15(13)18-11-19(14)10-17(21,29(22,23)24)30(25,26)27/h1-8,11,21H,9-10H2,(H2,22,23,24)(H2,25,26,27). The third-order valence-corrected chi connectivity index (χ3v) is 8.11. The molecule has 160 valence electrons. The molecule has 0 spiro atoms. The Bertz CT molecular complexity index is 1140. The first kappa shape index (κ1) is 22.3. The minimum absolute atomic E-state index is 0.00688. The quantitative estimate of drug-likeness (QED) is 0.258. The van der Waals surface area contributed by atoms with E-state index in [4.69, 9.17) is 4.74 Å². The summed E-state index contributed by atoms with van der Waals surface area (Å²) in [4.78, 5) is 53.8. The number of imidazole rings is 1. The summed E-state index contributed by atoms with van der Waals surface area (Å²) in [5.41, 5.74) is 0.994. The Labute approximate surface area is 169 Å². The first-order chi connectivity index (χ1) is 13.9. The predicted octanol–water partition coefficient (Wildman–Crippen LogP) is 1.39. The second kappa shape index (κ2) is 8.05. The number of aliphatic hydroxyl groups is 1. The first-order valence-electron chi connectivity index (χ1n) is 8.42. The maximum atomic E-state index is 12.5. The van der Waals surface area contributed by atoms with Crippen LogP contribution in [0.2, 0.25) is 0 Å². The van der Waals surface area contributed by atoms with Crippen molar-refractivity contribution in [3.05, 3.63) is 66.0 Å². The molecule has 1 heterocycles. The zero-order valence-electron chi connectivity index (χ0n) is 15.3. The van der Waals surface area contributed by atoms with Crippen LogP contribution in [0, 0.1) is 0 Å². The molecule has 0 saturated heterocycles. The summed E-state index contributed by atoms with van der Waals surface area (Å²) < 4.78 is 29.4. The Morgan fingerprint density at radius 3 is 2.23 bits per heavy atom. The molecule has 0 aliphatic carbocycles. The van der Waals surface area contributed by atoms with E-state index in [0.717, 1.165) is 16.5 Å². The molecule has 0 atom stereocenters. The molecule has 1 aromatic heterocycles. The number of fused-ring (bicyclic) bond motifs is 1. The molecular weight excluding hydrogens is 438 g/mol. The number of ether oxygens (including phenoxy) is 1. The van der Waals surface area contributed by atoms with Crippen molar-refractivity contribution in [2.24, 2.45) is 0 Å². The average molecular weight is 456 g/mol. The fourth-order valence-electron chi connectivity index (χ4n) is 2.76. The highest BCUT2D eigenvalue weighted by Crippen LogP contribution is 2.68. The van der Waals surface area contributed by atoms with Crippen LogP contribution in [0.15, 0.2) is 54.9 Å². The Hall–Kier alpha value is -2.36. The molecule has 11 nitrogen and oxygen atoms in total. The minimum Gasteiger partial charge on any atom is -0.457 e. The van der Waals surface area contributed by atoms with Gasteiger partial charge in [0.2, 0.25) is 0 Å². The van der Waals surface area contributed by atoms with Gasteiger partial charge in [-0.25, -0.2) is 9.78 Å². The third-order valence-electron chi connectivity index (χ3n) is 4.40. The summed E-state index contributed by atoms with van der Waals surface area (Å²) >= 11 is 0. The van der Waals surface area contributed by atoms with Crippen LogP contribution in [-0.4, -0.2) is 45.3 Å². The molecule has 13 heteroatoms. The molecule has 0 saturated carbocycles. The van der Waals surface area contributed by atoms with Crippen molar-refractivity contribution in [1.29, 1.82) is 0 Å². The molecule has 0 radical (unpaired) electrons. The lowest BCUT2D eigenvalue weighted by Crippen LogP contribution is -2.33. The Morgan fingerprint density at radius 1 is 1.00 bits per heavy atom. The molecule has 3 rings (SSSR count). The van der Waals surface area contributed by atoms with E-state index in [1.54, 1.807) is 24.3 Å². The number of carbonyl (C=O) groups excluding carboxylic acids is 1. The lowest BCUT2D eigenvalue weighted by molar-refractivity contribution is 0.0474. The summed E-state index contributed by atoms with van der Waals surface area (Å²) in [6.07, 6.45) is 1.01. The number of para-hydroxylation sites is 1. The van der Waals surface area contributed by atoms with E-state index in [1.807, 2.05) is 6.07 Å². The van der Waals surface area contributed by atoms with Crippen molar-refractivity contribution in [3.8, 4) is 0 Å². The van der Waals surface area contributed by atoms with Gasteiger partial charge in [-0.05, 0) is 17.7 Å². The van der Waals surface area contributed by atoms with Crippen molar-refractivity contribution in [2.45, 2.75) is 18.2 Å². The molecule has 2 aromatic carbocycles. The molecule has 5 N–H and O–H groups in total. The van der Waals surface area contributed by atoms with E-state index < -0.39 is 32.8 Å². The fourth-order valence-corrected chi connectivity index (χ4v) is 4.79. The van der Waals surface area contributed by atoms with Crippen molar-refractivity contribution in [2.75, 3.05) is 0 Å². The van der Waals surface area contributed by atoms with E-state index in [9.17, 15) is 38.6 Å². The van der Waals surface area contributed by atoms with Gasteiger partial charge < -0.3 is 34.0 Å². The highest BCUT2D eigenvalue weighted by Gasteiger charge is 2.59. The van der Waals surface area contributed by atoms with Crippen LogP contribution < -0.4 is 0 Å². The number of rotatable bonds is 7. The van der Waals surface area contributed by atoms with E-state index in [0.29, 0.717) is 0 Å². The Balaban J connectivity index is 1.93. The van der Waals surface area contributed by atoms with Gasteiger partial charge in [0.1, 0.15) is 12.1 Å². The van der Waals surface area contributed by atoms with Crippen LogP contribution in [0.25, 0.3) is 11.0 Å². The lowest BCUT2D eigenvalue weighted by atomic mass is 10.2. The van der Waals surface area contributed by atoms with Gasteiger partial charge in [0.15, 0.2) is 0 Å². The molecular formula is C17H18N2O9P2. The number of hydrogen-bond donors (Lipinski definition) is 5. The van der Waals surface area contributed by atoms with Crippen LogP contribution in [0.1, 0.15) is 15.9 Å². The van der Waals surface area contributed by atoms with Gasteiger partial charge in [-0.3, -0.25) is 9.13 Å². The summed E-state index contributed by atoms with van der Waals surface area (Å²) in [7, 11) is -11.3. The summed E-state index contributed by atoms with van der Waals surface area (Å²) in [5, 5.41) is 6.48. The normalized spacial score (nSPS) is 12.8. The Morgan fingerprint density at radius 2 is 1.63 bits per heavy atom. The number of aromatic nitrogens is 2. The van der Waals surface area contributed by atoms with Crippen LogP contribution in [0.3, 0.4) is 0 Å². The van der Waals surface area contributed by atoms with Crippen molar-refractivity contribution in [3.63, 3.8) is 0 Å². The number of esters is 1. The van der Waals surface area contributed by atoms with Crippen molar-refractivity contribution in [1.82, 2.24) is 9.55 Å². The molecule has 0 fully saturated rings. The topological polar surface area (TPSA) is 179 Å². The molecule has 3 aromatic rings. The summed E-state index contributed by atoms with van der Waals surface area (Å²) in [6.45, 7) is -1.15. The SMILES string of the molecule is O=C(OCc1ccccc1)c1cccc2c1ncn2CC(O)(P(=O)(O)O)P(=O)(O)O. The maximum absolute atomic E-state index is 12.5. The van der Waals surface area contributed by atoms with E-state index in [-0.39, 0.29) is 23.2 Å². The van der Waals surface area contributed by atoms with E-state index in [1.165, 1.54) is 18.2 Å². The van der Waals surface area contributed by atoms with Crippen molar-refractivity contribution >= 4 is 32.2 Å². The highest BCUT2D eigenvalue weighted by molar-refractivity contribution is 7.72. The Kier molecular flexibility index (Phi) is 5.99. The monoisotopic (exact) mass is 456 g/mol. The average Bonchev–Trinajstić information content (AvgIpc) is 3.08. The zero-order chi connectivity index (χ0) is 22.2. The second-order valence-corrected chi connectivity index (χ2v) is 10.5. The molecule has 30 heavy (non-hydrogen) atoms. The first-order valence-corrected chi connectivity index (χ1v) is 11.6. The molecule has 0 bridgehead atoms. The maximum Gasteiger partial charge on any atom is 0.371 e. The van der Waals surface area contributed by atoms with Crippen molar-refractivity contribution < 1.29 is 43.3 Å². The van der Waals surface area contributed by atoms with Crippen LogP contribution in [0.5, 0.6) is 0 Å². The fraction of sp³-hybridized carbons (Fsp3) is 0.176. The molecule has 0 amide bonds. The summed E-state index contributed by atoms with van der Waals surface area (Å²) in [5.74, 6) is -0.713. The van der Waals surface area contributed by atoms with Gasteiger partial charge in [-0.1, -0.05) is 36.4 Å². The van der Waals surface area contributed by atoms with Crippen LogP contribution in [-0.2, 0) is 27.0 Å². The predicted molar refractivity (Wildman–Crippen MR) is 104 cm³/mol. The highest BCUT2D eigenvalue weighted by atomic mass is 31.2. The number of benzene rings is 2. The van der Waals surface area contributed by atoms with Gasteiger partial charge in [0.05, 0.1) is 24.0 Å². The van der Waals surface area contributed by atoms with E-state index >= 15 is 0 Å². The van der Waals surface area contributed by atoms with E-state index in [2.05, 4.69) is 4.98 Å². The summed E-state index contributed by atoms with van der Waals surface area (Å²) in [6, 6.07) is 13.2. The zero-order valence-corrected chi connectivity index (χ0v) is 17.1. The van der Waals surface area contributed by atoms with Gasteiger partial charge in [-0.2, -0.15) is 0 Å². The smallest absolute Gasteiger partial charge is 0.371 e. The number of carbonyl (C=O) groups is 1. The largest absolute Gasteiger partial charge is 0.457 e. The van der Waals surface area contributed by atoms with Gasteiger partial charge in [0.25, 0.3) is 5.08 Å². The van der Waals surface area contributed by atoms with Crippen LogP contribution in [0.4, 0.5) is 0 Å². The lowest BCUT2D eigenvalue weighted by Gasteiger charge is -2.29. The number of nitrogens with zero attached hydrogens (tertiary/aromatic N) is 2. The number of hydrogen-bond acceptors (Lipinski definition) is 6. The second-order valence-electron chi connectivity index (χ2n) is 6.47. The minimum atomic E-state index is -5.65. The molecule has 0 unspecified atom stereocenters. The van der Waals surface area contributed by atoms with Crippen LogP contribution >= 0.6 is 15.2 Å².